The van der Waals surface area contributed by atoms with E-state index in [4.69, 9.17) is 10.3 Å². The normalized spacial score (nSPS) is 22.8. The van der Waals surface area contributed by atoms with Crippen LogP contribution in [0.2, 0.25) is 0 Å². The zero-order valence-corrected chi connectivity index (χ0v) is 16.5. The second kappa shape index (κ2) is 7.67. The molecule has 0 saturated heterocycles. The Labute approximate surface area is 164 Å². The quantitative estimate of drug-likeness (QED) is 0.766. The van der Waals surface area contributed by atoms with Crippen LogP contribution in [0.3, 0.4) is 0 Å². The molecule has 8 heteroatoms. The molecule has 28 heavy (non-hydrogen) atoms. The lowest BCUT2D eigenvalue weighted by atomic mass is 9.87. The van der Waals surface area contributed by atoms with E-state index in [9.17, 15) is 13.2 Å². The van der Waals surface area contributed by atoms with Crippen molar-refractivity contribution in [3.63, 3.8) is 0 Å². The van der Waals surface area contributed by atoms with Gasteiger partial charge < -0.3 is 15.6 Å². The number of hydrogen-bond donors (Lipinski definition) is 2. The van der Waals surface area contributed by atoms with Gasteiger partial charge in [-0.15, -0.1) is 0 Å². The van der Waals surface area contributed by atoms with Gasteiger partial charge in [-0.25, -0.2) is 8.42 Å². The van der Waals surface area contributed by atoms with E-state index in [1.165, 1.54) is 12.1 Å². The highest BCUT2D eigenvalue weighted by atomic mass is 32.2. The van der Waals surface area contributed by atoms with Crippen LogP contribution < -0.4 is 11.1 Å². The summed E-state index contributed by atoms with van der Waals surface area (Å²) in [6, 6.07) is 8.03. The van der Waals surface area contributed by atoms with E-state index in [2.05, 4.69) is 10.5 Å². The molecule has 1 aromatic heterocycles. The number of carbonyl (C=O) groups excluding carboxylic acids is 1. The number of hydrogen-bond acceptors (Lipinski definition) is 6. The van der Waals surface area contributed by atoms with Gasteiger partial charge in [0.15, 0.2) is 15.5 Å². The predicted octanol–water partition coefficient (Wildman–Crippen LogP) is 3.10. The number of anilines is 1. The first-order valence-corrected chi connectivity index (χ1v) is 11.4. The summed E-state index contributed by atoms with van der Waals surface area (Å²) in [5, 5.41) is 6.53. The van der Waals surface area contributed by atoms with Crippen LogP contribution in [0.15, 0.2) is 39.8 Å². The Morgan fingerprint density at radius 3 is 2.61 bits per heavy atom. The summed E-state index contributed by atoms with van der Waals surface area (Å²) in [6.45, 7) is 0. The van der Waals surface area contributed by atoms with Crippen LogP contribution in [0.5, 0.6) is 0 Å². The molecule has 0 radical (unpaired) electrons. The minimum absolute atomic E-state index is 0.100. The molecule has 1 amide bonds. The average Bonchev–Trinajstić information content (AvgIpc) is 3.38. The Bertz CT molecular complexity index is 948. The van der Waals surface area contributed by atoms with Crippen LogP contribution in [0.1, 0.15) is 60.7 Å². The van der Waals surface area contributed by atoms with Crippen molar-refractivity contribution in [1.29, 1.82) is 0 Å². The second-order valence-electron chi connectivity index (χ2n) is 7.94. The van der Waals surface area contributed by atoms with Gasteiger partial charge in [-0.3, -0.25) is 4.79 Å². The van der Waals surface area contributed by atoms with Gasteiger partial charge in [-0.2, -0.15) is 0 Å². The van der Waals surface area contributed by atoms with Crippen LogP contribution in [0.4, 0.5) is 5.69 Å². The molecule has 2 aliphatic rings. The molecule has 0 spiro atoms. The minimum atomic E-state index is -3.38. The molecule has 0 bridgehead atoms. The van der Waals surface area contributed by atoms with Gasteiger partial charge in [0.05, 0.1) is 10.6 Å². The third kappa shape index (κ3) is 4.44. The smallest absolute Gasteiger partial charge is 0.277 e. The third-order valence-corrected chi connectivity index (χ3v) is 7.39. The molecule has 1 heterocycles. The van der Waals surface area contributed by atoms with Gasteiger partial charge >= 0.3 is 0 Å². The molecule has 2 aliphatic carbocycles. The molecule has 1 aromatic carbocycles. The average molecular weight is 404 g/mol. The lowest BCUT2D eigenvalue weighted by Gasteiger charge is -2.26. The molecular formula is C20H25N3O4S. The fourth-order valence-electron chi connectivity index (χ4n) is 3.79. The van der Waals surface area contributed by atoms with Crippen molar-refractivity contribution < 1.29 is 17.7 Å². The largest absolute Gasteiger partial charge is 0.360 e. The van der Waals surface area contributed by atoms with Gasteiger partial charge in [-0.1, -0.05) is 11.6 Å². The number of amides is 1. The monoisotopic (exact) mass is 403 g/mol. The van der Waals surface area contributed by atoms with Crippen LogP contribution >= 0.6 is 0 Å². The molecule has 4 rings (SSSR count). The summed E-state index contributed by atoms with van der Waals surface area (Å²) in [4.78, 5) is 12.5. The molecular weight excluding hydrogens is 378 g/mol. The van der Waals surface area contributed by atoms with Gasteiger partial charge in [0.1, 0.15) is 5.76 Å². The molecule has 7 nitrogen and oxygen atoms in total. The number of nitrogens with one attached hydrogen (secondary N) is 1. The van der Waals surface area contributed by atoms with E-state index in [1.807, 2.05) is 0 Å². The number of aromatic nitrogens is 1. The molecule has 150 valence electrons. The van der Waals surface area contributed by atoms with Crippen LogP contribution in [0.25, 0.3) is 0 Å². The van der Waals surface area contributed by atoms with Gasteiger partial charge in [-0.05, 0) is 62.3 Å². The van der Waals surface area contributed by atoms with E-state index < -0.39 is 9.84 Å². The van der Waals surface area contributed by atoms with Crippen molar-refractivity contribution in [2.75, 3.05) is 11.1 Å². The standard InChI is InChI=1S/C20H25N3O4S/c21-15-3-1-2-13(10-15)12-28(25,26)17-8-6-16(7-9-17)22-20(24)18-11-19(27-23-18)14-4-5-14/h6-9,11,13-15H,1-5,10,12,21H2,(H,22,24). The Balaban J connectivity index is 1.39. The van der Waals surface area contributed by atoms with Crippen molar-refractivity contribution >= 4 is 21.4 Å². The highest BCUT2D eigenvalue weighted by molar-refractivity contribution is 7.91. The number of nitrogens with zero attached hydrogens (tertiary/aromatic N) is 1. The van der Waals surface area contributed by atoms with E-state index in [0.29, 0.717) is 11.6 Å². The maximum atomic E-state index is 12.7. The molecule has 2 aromatic rings. The summed E-state index contributed by atoms with van der Waals surface area (Å²) in [7, 11) is -3.38. The number of nitrogens with two attached hydrogens (primary N) is 1. The first kappa shape index (κ1) is 19.1. The SMILES string of the molecule is NC1CCCC(CS(=O)(=O)c2ccc(NC(=O)c3cc(C4CC4)on3)cc2)C1. The zero-order valence-electron chi connectivity index (χ0n) is 15.6. The van der Waals surface area contributed by atoms with Crippen LogP contribution in [0, 0.1) is 5.92 Å². The number of benzene rings is 1. The summed E-state index contributed by atoms with van der Waals surface area (Å²) in [5.41, 5.74) is 6.71. The van der Waals surface area contributed by atoms with Crippen molar-refractivity contribution in [3.8, 4) is 0 Å². The summed E-state index contributed by atoms with van der Waals surface area (Å²) >= 11 is 0. The Kier molecular flexibility index (Phi) is 5.25. The fraction of sp³-hybridized carbons (Fsp3) is 0.500. The molecule has 2 unspecified atom stereocenters. The summed E-state index contributed by atoms with van der Waals surface area (Å²) < 4.78 is 30.6. The zero-order chi connectivity index (χ0) is 19.7. The van der Waals surface area contributed by atoms with Gasteiger partial charge in [0, 0.05) is 23.7 Å². The Morgan fingerprint density at radius 1 is 1.18 bits per heavy atom. The van der Waals surface area contributed by atoms with Crippen molar-refractivity contribution in [3.05, 3.63) is 41.8 Å². The van der Waals surface area contributed by atoms with Crippen molar-refractivity contribution in [2.45, 2.75) is 55.4 Å². The highest BCUT2D eigenvalue weighted by Gasteiger charge is 2.29. The lowest BCUT2D eigenvalue weighted by Crippen LogP contribution is -2.31. The van der Waals surface area contributed by atoms with Crippen LogP contribution in [-0.2, 0) is 9.84 Å². The molecule has 2 fully saturated rings. The highest BCUT2D eigenvalue weighted by Crippen LogP contribution is 2.40. The second-order valence-corrected chi connectivity index (χ2v) is 9.98. The maximum Gasteiger partial charge on any atom is 0.277 e. The summed E-state index contributed by atoms with van der Waals surface area (Å²) in [5.74, 6) is 0.990. The molecule has 3 N–H and O–H groups in total. The molecule has 0 aliphatic heterocycles. The Hall–Kier alpha value is -2.19. The van der Waals surface area contributed by atoms with Gasteiger partial charge in [0.25, 0.3) is 5.91 Å². The number of sulfone groups is 1. The third-order valence-electron chi connectivity index (χ3n) is 5.49. The topological polar surface area (TPSA) is 115 Å². The minimum Gasteiger partial charge on any atom is -0.360 e. The van der Waals surface area contributed by atoms with Crippen LogP contribution in [-0.4, -0.2) is 31.3 Å². The lowest BCUT2D eigenvalue weighted by molar-refractivity contribution is 0.101. The predicted molar refractivity (Wildman–Crippen MR) is 105 cm³/mol. The van der Waals surface area contributed by atoms with E-state index in [-0.39, 0.29) is 34.2 Å². The maximum absolute atomic E-state index is 12.7. The number of rotatable bonds is 6. The van der Waals surface area contributed by atoms with Gasteiger partial charge in [0.2, 0.25) is 0 Å². The summed E-state index contributed by atoms with van der Waals surface area (Å²) in [6.07, 6.45) is 5.75. The van der Waals surface area contributed by atoms with Crippen molar-refractivity contribution in [1.82, 2.24) is 5.16 Å². The first-order valence-electron chi connectivity index (χ1n) is 9.77. The first-order chi connectivity index (χ1) is 13.4. The van der Waals surface area contributed by atoms with E-state index in [0.717, 1.165) is 44.3 Å². The Morgan fingerprint density at radius 2 is 1.93 bits per heavy atom. The van der Waals surface area contributed by atoms with Crippen molar-refractivity contribution in [2.24, 2.45) is 11.7 Å². The van der Waals surface area contributed by atoms with E-state index in [1.54, 1.807) is 18.2 Å². The number of carbonyl (C=O) groups is 1. The molecule has 2 atom stereocenters. The van der Waals surface area contributed by atoms with E-state index >= 15 is 0 Å². The fourth-order valence-corrected chi connectivity index (χ4v) is 5.45. The molecule has 2 saturated carbocycles.